The fraction of sp³-hybridized carbons (Fsp3) is 0.370. The van der Waals surface area contributed by atoms with Gasteiger partial charge in [-0.2, -0.15) is 5.10 Å². The number of methoxy groups -OCH3 is 1. The molecule has 0 saturated carbocycles. The minimum Gasteiger partial charge on any atom is -0.435 e. The quantitative estimate of drug-likeness (QED) is 0.279. The minimum absolute atomic E-state index is 0.111. The van der Waals surface area contributed by atoms with Crippen LogP contribution in [0.3, 0.4) is 0 Å². The molecule has 1 N–H and O–H groups in total. The zero-order chi connectivity index (χ0) is 25.0. The predicted octanol–water partition coefficient (Wildman–Crippen LogP) is 3.83. The van der Waals surface area contributed by atoms with Crippen LogP contribution in [0.5, 0.6) is 11.6 Å². The molecule has 7 nitrogen and oxygen atoms in total. The molecule has 0 saturated heterocycles. The lowest BCUT2D eigenvalue weighted by Gasteiger charge is -2.25. The van der Waals surface area contributed by atoms with Gasteiger partial charge in [0.15, 0.2) is 11.6 Å². The Morgan fingerprint density at radius 1 is 1.17 bits per heavy atom. The SMILES string of the molecule is C#CCOC[C@H](O)CN(CCOC)Cc1c(CC)nn(-c2ccccc2)c1Oc1ccccc1F. The van der Waals surface area contributed by atoms with Crippen LogP contribution in [0.1, 0.15) is 18.2 Å². The van der Waals surface area contributed by atoms with Crippen molar-refractivity contribution in [2.24, 2.45) is 0 Å². The average molecular weight is 482 g/mol. The summed E-state index contributed by atoms with van der Waals surface area (Å²) < 4.78 is 33.0. The molecule has 35 heavy (non-hydrogen) atoms. The fourth-order valence-electron chi connectivity index (χ4n) is 3.68. The summed E-state index contributed by atoms with van der Waals surface area (Å²) in [5.74, 6) is 2.47. The number of rotatable bonds is 14. The Kier molecular flexibility index (Phi) is 10.3. The maximum absolute atomic E-state index is 14.5. The standard InChI is InChI=1S/C27H32FN3O4/c1-4-16-34-20-22(32)18-30(15-17-33-3)19-23-25(5-2)29-31(21-11-7-6-8-12-21)27(23)35-26-14-10-9-13-24(26)28/h1,6-14,22,32H,5,15-20H2,2-3H3/t22-/m1/s1. The van der Waals surface area contributed by atoms with Gasteiger partial charge < -0.3 is 19.3 Å². The lowest BCUT2D eigenvalue weighted by Crippen LogP contribution is -2.36. The van der Waals surface area contributed by atoms with E-state index in [0.29, 0.717) is 38.5 Å². The number of ether oxygens (including phenoxy) is 3. The second-order valence-electron chi connectivity index (χ2n) is 7.96. The summed E-state index contributed by atoms with van der Waals surface area (Å²) in [7, 11) is 1.63. The van der Waals surface area contributed by atoms with Crippen LogP contribution in [0.2, 0.25) is 0 Å². The first-order valence-corrected chi connectivity index (χ1v) is 11.6. The lowest BCUT2D eigenvalue weighted by atomic mass is 10.1. The first kappa shape index (κ1) is 26.4. The Bertz CT molecular complexity index is 1100. The van der Waals surface area contributed by atoms with Crippen molar-refractivity contribution in [2.45, 2.75) is 26.0 Å². The molecule has 2 aromatic carbocycles. The number of aryl methyl sites for hydroxylation is 1. The summed E-state index contributed by atoms with van der Waals surface area (Å²) in [5, 5.41) is 15.3. The predicted molar refractivity (Wildman–Crippen MR) is 132 cm³/mol. The number of hydrogen-bond donors (Lipinski definition) is 1. The van der Waals surface area contributed by atoms with E-state index in [0.717, 1.165) is 16.9 Å². The van der Waals surface area contributed by atoms with Crippen molar-refractivity contribution in [3.05, 3.63) is 71.7 Å². The van der Waals surface area contributed by atoms with Crippen molar-refractivity contribution in [2.75, 3.05) is 40.0 Å². The maximum Gasteiger partial charge on any atom is 0.227 e. The summed E-state index contributed by atoms with van der Waals surface area (Å²) in [6.07, 6.45) is 5.13. The van der Waals surface area contributed by atoms with Crippen molar-refractivity contribution < 1.29 is 23.7 Å². The van der Waals surface area contributed by atoms with Crippen LogP contribution >= 0.6 is 0 Å². The highest BCUT2D eigenvalue weighted by atomic mass is 19.1. The number of nitrogens with zero attached hydrogens (tertiary/aromatic N) is 3. The lowest BCUT2D eigenvalue weighted by molar-refractivity contribution is 0.0205. The van der Waals surface area contributed by atoms with E-state index in [1.54, 1.807) is 30.0 Å². The number of aromatic nitrogens is 2. The van der Waals surface area contributed by atoms with Crippen LogP contribution in [0.25, 0.3) is 5.69 Å². The van der Waals surface area contributed by atoms with Crippen LogP contribution in [0.15, 0.2) is 54.6 Å². The van der Waals surface area contributed by atoms with Gasteiger partial charge in [0.2, 0.25) is 5.88 Å². The molecule has 0 fully saturated rings. The van der Waals surface area contributed by atoms with Crippen molar-refractivity contribution in [1.29, 1.82) is 0 Å². The van der Waals surface area contributed by atoms with Crippen LogP contribution in [0, 0.1) is 18.2 Å². The van der Waals surface area contributed by atoms with E-state index in [2.05, 4.69) is 5.92 Å². The number of terminal acetylenes is 1. The monoisotopic (exact) mass is 481 g/mol. The fourth-order valence-corrected chi connectivity index (χ4v) is 3.68. The van der Waals surface area contributed by atoms with E-state index in [-0.39, 0.29) is 19.0 Å². The molecule has 3 aromatic rings. The highest BCUT2D eigenvalue weighted by Gasteiger charge is 2.24. The van der Waals surface area contributed by atoms with E-state index in [1.807, 2.05) is 42.2 Å². The summed E-state index contributed by atoms with van der Waals surface area (Å²) in [5.41, 5.74) is 2.43. The molecule has 1 heterocycles. The van der Waals surface area contributed by atoms with Crippen LogP contribution < -0.4 is 4.74 Å². The molecule has 0 radical (unpaired) electrons. The Labute approximate surface area is 206 Å². The third-order valence-electron chi connectivity index (χ3n) is 5.36. The molecular formula is C27H32FN3O4. The zero-order valence-corrected chi connectivity index (χ0v) is 20.2. The van der Waals surface area contributed by atoms with Crippen molar-refractivity contribution >= 4 is 0 Å². The number of para-hydroxylation sites is 2. The van der Waals surface area contributed by atoms with Gasteiger partial charge in [-0.3, -0.25) is 4.90 Å². The molecule has 0 bridgehead atoms. The maximum atomic E-state index is 14.5. The molecule has 0 aliphatic rings. The van der Waals surface area contributed by atoms with Gasteiger partial charge in [-0.1, -0.05) is 43.2 Å². The van der Waals surface area contributed by atoms with E-state index in [9.17, 15) is 9.50 Å². The van der Waals surface area contributed by atoms with Gasteiger partial charge in [-0.15, -0.1) is 6.42 Å². The number of benzene rings is 2. The first-order chi connectivity index (χ1) is 17.1. The van der Waals surface area contributed by atoms with E-state index < -0.39 is 11.9 Å². The molecule has 1 aromatic heterocycles. The number of aliphatic hydroxyl groups is 1. The molecule has 0 amide bonds. The molecule has 1 atom stereocenters. The smallest absolute Gasteiger partial charge is 0.227 e. The second-order valence-corrected chi connectivity index (χ2v) is 7.96. The number of aliphatic hydroxyl groups excluding tert-OH is 1. The first-order valence-electron chi connectivity index (χ1n) is 11.6. The van der Waals surface area contributed by atoms with Gasteiger partial charge in [0.1, 0.15) is 6.61 Å². The normalized spacial score (nSPS) is 12.0. The molecule has 0 spiro atoms. The molecule has 3 rings (SSSR count). The van der Waals surface area contributed by atoms with Gasteiger partial charge in [-0.25, -0.2) is 9.07 Å². The molecule has 0 aliphatic carbocycles. The summed E-state index contributed by atoms with van der Waals surface area (Å²) >= 11 is 0. The van der Waals surface area contributed by atoms with Crippen molar-refractivity contribution in [1.82, 2.24) is 14.7 Å². The largest absolute Gasteiger partial charge is 0.435 e. The van der Waals surface area contributed by atoms with Crippen LogP contribution in [-0.4, -0.2) is 65.9 Å². The topological polar surface area (TPSA) is 69.0 Å². The molecule has 0 unspecified atom stereocenters. The Hall–Kier alpha value is -3.22. The van der Waals surface area contributed by atoms with Gasteiger partial charge in [0.25, 0.3) is 0 Å². The molecule has 186 valence electrons. The Morgan fingerprint density at radius 3 is 2.60 bits per heavy atom. The average Bonchev–Trinajstić information content (AvgIpc) is 3.21. The Morgan fingerprint density at radius 2 is 1.91 bits per heavy atom. The second kappa shape index (κ2) is 13.6. The highest BCUT2D eigenvalue weighted by Crippen LogP contribution is 2.33. The third-order valence-corrected chi connectivity index (χ3v) is 5.36. The van der Waals surface area contributed by atoms with Crippen LogP contribution in [-0.2, 0) is 22.4 Å². The molecular weight excluding hydrogens is 449 g/mol. The summed E-state index contributed by atoms with van der Waals surface area (Å²) in [6, 6.07) is 15.9. The van der Waals surface area contributed by atoms with E-state index in [1.165, 1.54) is 6.07 Å². The van der Waals surface area contributed by atoms with Crippen molar-refractivity contribution in [3.63, 3.8) is 0 Å². The van der Waals surface area contributed by atoms with E-state index >= 15 is 0 Å². The zero-order valence-electron chi connectivity index (χ0n) is 20.2. The number of hydrogen-bond acceptors (Lipinski definition) is 6. The van der Waals surface area contributed by atoms with Gasteiger partial charge in [-0.05, 0) is 30.7 Å². The minimum atomic E-state index is -0.745. The molecule has 8 heteroatoms. The molecule has 0 aliphatic heterocycles. The van der Waals surface area contributed by atoms with Gasteiger partial charge in [0.05, 0.1) is 36.3 Å². The number of halogens is 1. The van der Waals surface area contributed by atoms with Gasteiger partial charge >= 0.3 is 0 Å². The van der Waals surface area contributed by atoms with Gasteiger partial charge in [0, 0.05) is 26.7 Å². The Balaban J connectivity index is 1.98. The summed E-state index contributed by atoms with van der Waals surface area (Å²) in [4.78, 5) is 2.03. The third kappa shape index (κ3) is 7.38. The summed E-state index contributed by atoms with van der Waals surface area (Å²) in [6.45, 7) is 4.03. The van der Waals surface area contributed by atoms with Crippen molar-refractivity contribution in [3.8, 4) is 29.7 Å². The highest BCUT2D eigenvalue weighted by molar-refractivity contribution is 5.44. The van der Waals surface area contributed by atoms with E-state index in [4.69, 9.17) is 25.7 Å². The van der Waals surface area contributed by atoms with Crippen LogP contribution in [0.4, 0.5) is 4.39 Å².